The van der Waals surface area contributed by atoms with Crippen molar-refractivity contribution in [3.63, 3.8) is 0 Å². The molecule has 27 heavy (non-hydrogen) atoms. The van der Waals surface area contributed by atoms with E-state index in [-0.39, 0.29) is 11.3 Å². The van der Waals surface area contributed by atoms with Crippen LogP contribution < -0.4 is 0 Å². The molecule has 3 nitrogen and oxygen atoms in total. The summed E-state index contributed by atoms with van der Waals surface area (Å²) in [5.74, 6) is 0.248. The number of aromatic nitrogens is 2. The van der Waals surface area contributed by atoms with Gasteiger partial charge in [0.15, 0.2) is 0 Å². The zero-order valence-corrected chi connectivity index (χ0v) is 16.2. The maximum atomic E-state index is 11.7. The zero-order chi connectivity index (χ0) is 18.9. The third kappa shape index (κ3) is 3.44. The SMILES string of the molecule is CC1(C)CC[C@H](Cc2ccc(-c3ccccc3)cc2)[C@@]1(O)Cn1ccnc1. The number of hydrogen-bond acceptors (Lipinski definition) is 2. The van der Waals surface area contributed by atoms with Crippen molar-refractivity contribution in [2.45, 2.75) is 45.3 Å². The van der Waals surface area contributed by atoms with Gasteiger partial charge >= 0.3 is 0 Å². The molecule has 4 rings (SSSR count). The molecule has 2 atom stereocenters. The average Bonchev–Trinajstić information content (AvgIpc) is 3.25. The largest absolute Gasteiger partial charge is 0.387 e. The third-order valence-corrected chi connectivity index (χ3v) is 6.49. The van der Waals surface area contributed by atoms with Gasteiger partial charge < -0.3 is 9.67 Å². The van der Waals surface area contributed by atoms with Gasteiger partial charge in [-0.05, 0) is 47.3 Å². The molecule has 140 valence electrons. The Morgan fingerprint density at radius 3 is 2.41 bits per heavy atom. The number of benzene rings is 2. The molecule has 0 spiro atoms. The Bertz CT molecular complexity index is 869. The minimum atomic E-state index is -0.730. The van der Waals surface area contributed by atoms with Crippen LogP contribution in [0, 0.1) is 11.3 Å². The van der Waals surface area contributed by atoms with E-state index in [1.165, 1.54) is 16.7 Å². The Balaban J connectivity index is 1.54. The van der Waals surface area contributed by atoms with E-state index >= 15 is 0 Å². The Hall–Kier alpha value is -2.39. The summed E-state index contributed by atoms with van der Waals surface area (Å²) >= 11 is 0. The van der Waals surface area contributed by atoms with Gasteiger partial charge in [0.2, 0.25) is 0 Å². The highest BCUT2D eigenvalue weighted by molar-refractivity contribution is 5.63. The highest BCUT2D eigenvalue weighted by Gasteiger charge is 2.53. The lowest BCUT2D eigenvalue weighted by atomic mass is 9.72. The molecule has 0 saturated heterocycles. The molecule has 3 aromatic rings. The van der Waals surface area contributed by atoms with Gasteiger partial charge in [0.05, 0.1) is 18.5 Å². The van der Waals surface area contributed by atoms with Crippen LogP contribution in [-0.4, -0.2) is 20.3 Å². The van der Waals surface area contributed by atoms with Crippen molar-refractivity contribution in [2.75, 3.05) is 0 Å². The Kier molecular flexibility index (Phi) is 4.65. The molecule has 1 aliphatic rings. The molecule has 0 unspecified atom stereocenters. The Labute approximate surface area is 161 Å². The highest BCUT2D eigenvalue weighted by Crippen LogP contribution is 2.51. The minimum Gasteiger partial charge on any atom is -0.387 e. The number of nitrogens with zero attached hydrogens (tertiary/aromatic N) is 2. The van der Waals surface area contributed by atoms with Crippen LogP contribution in [-0.2, 0) is 13.0 Å². The molecular formula is C24H28N2O. The first kappa shape index (κ1) is 18.0. The van der Waals surface area contributed by atoms with Crippen molar-refractivity contribution in [1.82, 2.24) is 9.55 Å². The molecule has 1 saturated carbocycles. The van der Waals surface area contributed by atoms with Gasteiger partial charge in [0, 0.05) is 12.4 Å². The predicted octanol–water partition coefficient (Wildman–Crippen LogP) is 4.96. The van der Waals surface area contributed by atoms with Gasteiger partial charge in [-0.3, -0.25) is 0 Å². The molecule has 1 fully saturated rings. The quantitative estimate of drug-likeness (QED) is 0.698. The Morgan fingerprint density at radius 2 is 1.74 bits per heavy atom. The first-order valence-electron chi connectivity index (χ1n) is 9.80. The lowest BCUT2D eigenvalue weighted by Crippen LogP contribution is -2.49. The van der Waals surface area contributed by atoms with Crippen molar-refractivity contribution < 1.29 is 5.11 Å². The molecule has 0 aliphatic heterocycles. The summed E-state index contributed by atoms with van der Waals surface area (Å²) < 4.78 is 2.01. The van der Waals surface area contributed by atoms with E-state index in [0.29, 0.717) is 6.54 Å². The van der Waals surface area contributed by atoms with E-state index in [9.17, 15) is 5.11 Å². The zero-order valence-electron chi connectivity index (χ0n) is 16.2. The van der Waals surface area contributed by atoms with Gasteiger partial charge in [0.1, 0.15) is 0 Å². The molecule has 0 radical (unpaired) electrons. The molecule has 1 aromatic heterocycles. The van der Waals surface area contributed by atoms with Crippen LogP contribution >= 0.6 is 0 Å². The summed E-state index contributed by atoms with van der Waals surface area (Å²) in [6.07, 6.45) is 8.53. The topological polar surface area (TPSA) is 38.0 Å². The van der Waals surface area contributed by atoms with Crippen LogP contribution in [0.1, 0.15) is 32.3 Å². The third-order valence-electron chi connectivity index (χ3n) is 6.49. The Morgan fingerprint density at radius 1 is 1.04 bits per heavy atom. The van der Waals surface area contributed by atoms with Crippen LogP contribution in [0.4, 0.5) is 0 Å². The summed E-state index contributed by atoms with van der Waals surface area (Å²) in [6, 6.07) is 19.3. The van der Waals surface area contributed by atoms with Crippen LogP contribution in [0.25, 0.3) is 11.1 Å². The van der Waals surface area contributed by atoms with E-state index < -0.39 is 5.60 Å². The molecule has 1 aliphatic carbocycles. The minimum absolute atomic E-state index is 0.105. The van der Waals surface area contributed by atoms with Gasteiger partial charge in [-0.2, -0.15) is 0 Å². The fourth-order valence-electron chi connectivity index (χ4n) is 4.56. The number of aliphatic hydroxyl groups is 1. The average molecular weight is 361 g/mol. The monoisotopic (exact) mass is 360 g/mol. The molecule has 1 heterocycles. The second kappa shape index (κ2) is 6.97. The van der Waals surface area contributed by atoms with E-state index in [4.69, 9.17) is 0 Å². The maximum Gasteiger partial charge on any atom is 0.0946 e. The maximum absolute atomic E-state index is 11.7. The van der Waals surface area contributed by atoms with E-state index in [0.717, 1.165) is 19.3 Å². The van der Waals surface area contributed by atoms with Crippen molar-refractivity contribution in [3.05, 3.63) is 78.9 Å². The summed E-state index contributed by atoms with van der Waals surface area (Å²) in [4.78, 5) is 4.14. The fourth-order valence-corrected chi connectivity index (χ4v) is 4.56. The van der Waals surface area contributed by atoms with E-state index in [1.807, 2.05) is 16.8 Å². The molecule has 2 aromatic carbocycles. The van der Waals surface area contributed by atoms with Crippen LogP contribution in [0.2, 0.25) is 0 Å². The van der Waals surface area contributed by atoms with Gasteiger partial charge in [-0.1, -0.05) is 68.4 Å². The fraction of sp³-hybridized carbons (Fsp3) is 0.375. The number of imidazole rings is 1. The summed E-state index contributed by atoms with van der Waals surface area (Å²) in [6.45, 7) is 5.00. The molecule has 0 amide bonds. The normalized spacial score (nSPS) is 24.2. The van der Waals surface area contributed by atoms with Gasteiger partial charge in [0.25, 0.3) is 0 Å². The van der Waals surface area contributed by atoms with E-state index in [2.05, 4.69) is 67.4 Å². The van der Waals surface area contributed by atoms with E-state index in [1.54, 1.807) is 12.5 Å². The standard InChI is InChI=1S/C24H28N2O/c1-23(2)13-12-22(24(23,27)17-26-15-14-25-18-26)16-19-8-10-21(11-9-19)20-6-4-3-5-7-20/h3-11,14-15,18,22,27H,12-13,16-17H2,1-2H3/t22-,24+/m1/s1. The van der Waals surface area contributed by atoms with Crippen molar-refractivity contribution in [2.24, 2.45) is 11.3 Å². The summed E-state index contributed by atoms with van der Waals surface area (Å²) in [7, 11) is 0. The number of hydrogen-bond donors (Lipinski definition) is 1. The first-order chi connectivity index (χ1) is 13.0. The summed E-state index contributed by atoms with van der Waals surface area (Å²) in [5, 5.41) is 11.7. The smallest absolute Gasteiger partial charge is 0.0946 e. The first-order valence-corrected chi connectivity index (χ1v) is 9.80. The van der Waals surface area contributed by atoms with Gasteiger partial charge in [-0.15, -0.1) is 0 Å². The summed E-state index contributed by atoms with van der Waals surface area (Å²) in [5.41, 5.74) is 2.93. The predicted molar refractivity (Wildman–Crippen MR) is 109 cm³/mol. The lowest BCUT2D eigenvalue weighted by molar-refractivity contribution is -0.0885. The molecule has 1 N–H and O–H groups in total. The molecule has 3 heteroatoms. The molecule has 0 bridgehead atoms. The van der Waals surface area contributed by atoms with Gasteiger partial charge in [-0.25, -0.2) is 4.98 Å². The van der Waals surface area contributed by atoms with Crippen molar-refractivity contribution in [3.8, 4) is 11.1 Å². The van der Waals surface area contributed by atoms with Crippen LogP contribution in [0.5, 0.6) is 0 Å². The second-order valence-electron chi connectivity index (χ2n) is 8.55. The highest BCUT2D eigenvalue weighted by atomic mass is 16.3. The van der Waals surface area contributed by atoms with Crippen LogP contribution in [0.15, 0.2) is 73.3 Å². The van der Waals surface area contributed by atoms with Crippen molar-refractivity contribution >= 4 is 0 Å². The van der Waals surface area contributed by atoms with Crippen LogP contribution in [0.3, 0.4) is 0 Å². The number of rotatable bonds is 5. The second-order valence-corrected chi connectivity index (χ2v) is 8.55. The molecular weight excluding hydrogens is 332 g/mol. The van der Waals surface area contributed by atoms with Crippen molar-refractivity contribution in [1.29, 1.82) is 0 Å². The lowest BCUT2D eigenvalue weighted by Gasteiger charge is -2.41.